The van der Waals surface area contributed by atoms with Crippen molar-refractivity contribution in [2.45, 2.75) is 18.9 Å². The SMILES string of the molecule is N#Cc1ccc(Oc2cccc3c2CC[C@H]3O)c(C#N)c1. The predicted molar refractivity (Wildman–Crippen MR) is 75.7 cm³/mol. The van der Waals surface area contributed by atoms with Crippen molar-refractivity contribution >= 4 is 0 Å². The van der Waals surface area contributed by atoms with Gasteiger partial charge in [-0.15, -0.1) is 0 Å². The van der Waals surface area contributed by atoms with Crippen LogP contribution in [0.15, 0.2) is 36.4 Å². The minimum atomic E-state index is -0.444. The van der Waals surface area contributed by atoms with Crippen LogP contribution >= 0.6 is 0 Å². The zero-order valence-electron chi connectivity index (χ0n) is 11.2. The van der Waals surface area contributed by atoms with Crippen LogP contribution < -0.4 is 4.74 Å². The molecule has 4 nitrogen and oxygen atoms in total. The van der Waals surface area contributed by atoms with E-state index in [9.17, 15) is 10.4 Å². The lowest BCUT2D eigenvalue weighted by Crippen LogP contribution is -1.94. The normalized spacial score (nSPS) is 15.9. The van der Waals surface area contributed by atoms with Gasteiger partial charge in [-0.1, -0.05) is 12.1 Å². The molecule has 0 saturated heterocycles. The van der Waals surface area contributed by atoms with Gasteiger partial charge < -0.3 is 9.84 Å². The van der Waals surface area contributed by atoms with Crippen LogP contribution in [-0.2, 0) is 6.42 Å². The van der Waals surface area contributed by atoms with Crippen molar-refractivity contribution in [1.82, 2.24) is 0 Å². The molecule has 21 heavy (non-hydrogen) atoms. The number of ether oxygens (including phenoxy) is 1. The summed E-state index contributed by atoms with van der Waals surface area (Å²) in [5.41, 5.74) is 2.62. The summed E-state index contributed by atoms with van der Waals surface area (Å²) in [5, 5.41) is 27.9. The van der Waals surface area contributed by atoms with Gasteiger partial charge in [0.2, 0.25) is 0 Å². The molecule has 0 radical (unpaired) electrons. The number of aliphatic hydroxyl groups excluding tert-OH is 1. The van der Waals surface area contributed by atoms with E-state index in [4.69, 9.17) is 10.00 Å². The Morgan fingerprint density at radius 2 is 1.95 bits per heavy atom. The monoisotopic (exact) mass is 276 g/mol. The molecule has 0 heterocycles. The Bertz CT molecular complexity index is 784. The third-order valence-corrected chi connectivity index (χ3v) is 3.65. The van der Waals surface area contributed by atoms with Gasteiger partial charge in [-0.25, -0.2) is 0 Å². The Hall–Kier alpha value is -2.82. The summed E-state index contributed by atoms with van der Waals surface area (Å²) in [7, 11) is 0. The molecule has 0 aromatic heterocycles. The van der Waals surface area contributed by atoms with Crippen LogP contribution in [0.4, 0.5) is 0 Å². The Labute approximate surface area is 122 Å². The van der Waals surface area contributed by atoms with Crippen LogP contribution in [0.5, 0.6) is 11.5 Å². The van der Waals surface area contributed by atoms with Gasteiger partial charge >= 0.3 is 0 Å². The van der Waals surface area contributed by atoms with Gasteiger partial charge in [0.25, 0.3) is 0 Å². The molecule has 0 spiro atoms. The van der Waals surface area contributed by atoms with Crippen molar-refractivity contribution in [2.24, 2.45) is 0 Å². The fourth-order valence-corrected chi connectivity index (χ4v) is 2.59. The van der Waals surface area contributed by atoms with E-state index in [1.165, 1.54) is 6.07 Å². The van der Waals surface area contributed by atoms with Crippen LogP contribution in [-0.4, -0.2) is 5.11 Å². The zero-order valence-corrected chi connectivity index (χ0v) is 11.2. The lowest BCUT2D eigenvalue weighted by Gasteiger charge is -2.12. The Morgan fingerprint density at radius 1 is 1.10 bits per heavy atom. The minimum absolute atomic E-state index is 0.324. The Balaban J connectivity index is 1.99. The second kappa shape index (κ2) is 5.28. The second-order valence-electron chi connectivity index (χ2n) is 4.92. The third-order valence-electron chi connectivity index (χ3n) is 3.65. The number of benzene rings is 2. The molecule has 0 amide bonds. The summed E-state index contributed by atoms with van der Waals surface area (Å²) in [6, 6.07) is 14.3. The third kappa shape index (κ3) is 2.33. The second-order valence-corrected chi connectivity index (χ2v) is 4.92. The fraction of sp³-hybridized carbons (Fsp3) is 0.176. The van der Waals surface area contributed by atoms with Crippen LogP contribution in [0.1, 0.15) is 34.8 Å². The maximum absolute atomic E-state index is 9.90. The molecule has 2 aromatic carbocycles. The average molecular weight is 276 g/mol. The summed E-state index contributed by atoms with van der Waals surface area (Å²) in [6.45, 7) is 0. The quantitative estimate of drug-likeness (QED) is 0.913. The lowest BCUT2D eigenvalue weighted by atomic mass is 10.1. The number of nitrogens with zero attached hydrogens (tertiary/aromatic N) is 2. The molecule has 0 fully saturated rings. The van der Waals surface area contributed by atoms with Gasteiger partial charge in [0, 0.05) is 5.56 Å². The van der Waals surface area contributed by atoms with Crippen LogP contribution in [0.2, 0.25) is 0 Å². The Morgan fingerprint density at radius 3 is 2.71 bits per heavy atom. The number of hydrogen-bond donors (Lipinski definition) is 1. The molecular weight excluding hydrogens is 264 g/mol. The summed E-state index contributed by atoms with van der Waals surface area (Å²) in [6.07, 6.45) is 0.999. The van der Waals surface area contributed by atoms with E-state index < -0.39 is 6.10 Å². The van der Waals surface area contributed by atoms with Crippen molar-refractivity contribution in [3.05, 3.63) is 58.7 Å². The smallest absolute Gasteiger partial charge is 0.145 e. The first-order valence-electron chi connectivity index (χ1n) is 6.65. The topological polar surface area (TPSA) is 77.0 Å². The van der Waals surface area contributed by atoms with E-state index in [0.29, 0.717) is 29.0 Å². The highest BCUT2D eigenvalue weighted by Gasteiger charge is 2.23. The largest absolute Gasteiger partial charge is 0.456 e. The van der Waals surface area contributed by atoms with Crippen LogP contribution in [0.25, 0.3) is 0 Å². The summed E-state index contributed by atoms with van der Waals surface area (Å²) < 4.78 is 5.85. The first kappa shape index (κ1) is 13.2. The number of aliphatic hydroxyl groups is 1. The highest BCUT2D eigenvalue weighted by molar-refractivity contribution is 5.52. The molecule has 3 rings (SSSR count). The molecule has 0 unspecified atom stereocenters. The Kier molecular flexibility index (Phi) is 3.31. The van der Waals surface area contributed by atoms with Crippen molar-refractivity contribution in [3.8, 4) is 23.6 Å². The predicted octanol–water partition coefficient (Wildman–Crippen LogP) is 3.20. The van der Waals surface area contributed by atoms with Gasteiger partial charge in [0.05, 0.1) is 23.3 Å². The summed E-state index contributed by atoms with van der Waals surface area (Å²) >= 11 is 0. The fourth-order valence-electron chi connectivity index (χ4n) is 2.59. The molecule has 0 bridgehead atoms. The standard InChI is InChI=1S/C17H12N2O2/c18-9-11-4-7-16(12(8-11)10-19)21-17-3-1-2-13-14(17)5-6-15(13)20/h1-4,7-8,15,20H,5-6H2/t15-/m1/s1. The van der Waals surface area contributed by atoms with E-state index in [-0.39, 0.29) is 0 Å². The van der Waals surface area contributed by atoms with E-state index in [1.54, 1.807) is 12.1 Å². The van der Waals surface area contributed by atoms with E-state index >= 15 is 0 Å². The number of hydrogen-bond acceptors (Lipinski definition) is 4. The van der Waals surface area contributed by atoms with Crippen LogP contribution in [0.3, 0.4) is 0 Å². The lowest BCUT2D eigenvalue weighted by molar-refractivity contribution is 0.180. The van der Waals surface area contributed by atoms with Crippen molar-refractivity contribution in [2.75, 3.05) is 0 Å². The molecule has 1 aliphatic rings. The number of rotatable bonds is 2. The molecule has 1 atom stereocenters. The summed E-state index contributed by atoms with van der Waals surface area (Å²) in [4.78, 5) is 0. The van der Waals surface area contributed by atoms with Gasteiger partial charge in [-0.05, 0) is 42.7 Å². The minimum Gasteiger partial charge on any atom is -0.456 e. The highest BCUT2D eigenvalue weighted by atomic mass is 16.5. The molecule has 2 aromatic rings. The first-order chi connectivity index (χ1) is 10.2. The maximum atomic E-state index is 9.90. The summed E-state index contributed by atoms with van der Waals surface area (Å²) in [5.74, 6) is 1.08. The van der Waals surface area contributed by atoms with Gasteiger partial charge in [-0.2, -0.15) is 10.5 Å². The van der Waals surface area contributed by atoms with Crippen molar-refractivity contribution < 1.29 is 9.84 Å². The van der Waals surface area contributed by atoms with Gasteiger partial charge in [0.15, 0.2) is 0 Å². The number of fused-ring (bicyclic) bond motifs is 1. The molecule has 0 saturated carbocycles. The van der Waals surface area contributed by atoms with E-state index in [1.807, 2.05) is 30.3 Å². The molecule has 0 aliphatic heterocycles. The van der Waals surface area contributed by atoms with E-state index in [2.05, 4.69) is 0 Å². The molecule has 4 heteroatoms. The van der Waals surface area contributed by atoms with E-state index in [0.717, 1.165) is 17.5 Å². The van der Waals surface area contributed by atoms with Crippen molar-refractivity contribution in [3.63, 3.8) is 0 Å². The number of nitriles is 2. The van der Waals surface area contributed by atoms with Crippen LogP contribution in [0, 0.1) is 22.7 Å². The molecule has 1 aliphatic carbocycles. The maximum Gasteiger partial charge on any atom is 0.145 e. The highest BCUT2D eigenvalue weighted by Crippen LogP contribution is 2.39. The molecule has 102 valence electrons. The molecular formula is C17H12N2O2. The van der Waals surface area contributed by atoms with Gasteiger partial charge in [-0.3, -0.25) is 0 Å². The average Bonchev–Trinajstić information content (AvgIpc) is 2.90. The van der Waals surface area contributed by atoms with Gasteiger partial charge in [0.1, 0.15) is 17.6 Å². The first-order valence-corrected chi connectivity index (χ1v) is 6.65. The molecule has 1 N–H and O–H groups in total. The zero-order chi connectivity index (χ0) is 14.8. The van der Waals surface area contributed by atoms with Crippen molar-refractivity contribution in [1.29, 1.82) is 10.5 Å².